The molecule has 3 atom stereocenters. The Balaban J connectivity index is 5.30. The van der Waals surface area contributed by atoms with Crippen LogP contribution in [0.25, 0.3) is 0 Å². The zero-order chi connectivity index (χ0) is 45.6. The Bertz CT molecular complexity index is 1480. The lowest BCUT2D eigenvalue weighted by molar-refractivity contribution is -0.184. The molecule has 5 N–H and O–H groups in total. The quantitative estimate of drug-likeness (QED) is 0.0184. The fraction of sp³-hybridized carbons (Fsp3) is 0.800. The van der Waals surface area contributed by atoms with Gasteiger partial charge in [-0.15, -0.1) is 0 Å². The van der Waals surface area contributed by atoms with Gasteiger partial charge < -0.3 is 39.4 Å². The van der Waals surface area contributed by atoms with Crippen LogP contribution in [0.2, 0.25) is 0 Å². The van der Waals surface area contributed by atoms with E-state index in [2.05, 4.69) is 23.3 Å². The van der Waals surface area contributed by atoms with Crippen LogP contribution in [0.5, 0.6) is 0 Å². The van der Waals surface area contributed by atoms with Crippen molar-refractivity contribution in [2.45, 2.75) is 191 Å². The Kier molecular flexibility index (Phi) is 28.9. The molecule has 0 radical (unpaired) electrons. The highest BCUT2D eigenvalue weighted by molar-refractivity contribution is 7.87. The second-order valence-corrected chi connectivity index (χ2v) is 16.6. The van der Waals surface area contributed by atoms with Gasteiger partial charge in [0.05, 0.1) is 45.3 Å². The van der Waals surface area contributed by atoms with Crippen molar-refractivity contribution >= 4 is 57.9 Å². The predicted molar refractivity (Wildman–Crippen MR) is 211 cm³/mol. The fourth-order valence-electron chi connectivity index (χ4n) is 6.00. The Morgan fingerprint density at radius 1 is 0.483 bits per heavy atom. The third kappa shape index (κ3) is 26.3. The third-order valence-corrected chi connectivity index (χ3v) is 10.5. The molecule has 0 aromatic rings. The Hall–Kier alpha value is -4.01. The van der Waals surface area contributed by atoms with Gasteiger partial charge in [0, 0.05) is 0 Å². The molecular weight excluding hydrogens is 816 g/mol. The van der Waals surface area contributed by atoms with Crippen LogP contribution in [-0.2, 0) is 67.4 Å². The van der Waals surface area contributed by atoms with E-state index in [0.29, 0.717) is 25.7 Å². The number of hydrogen-bond acceptors (Lipinski definition) is 16. The van der Waals surface area contributed by atoms with Crippen LogP contribution in [0.3, 0.4) is 0 Å². The van der Waals surface area contributed by atoms with Crippen molar-refractivity contribution in [3.8, 4) is 0 Å². The summed E-state index contributed by atoms with van der Waals surface area (Å²) in [5.74, 6) is -14.8. The van der Waals surface area contributed by atoms with E-state index in [1.54, 1.807) is 0 Å². The molecule has 20 heteroatoms. The second-order valence-electron chi connectivity index (χ2n) is 15.0. The van der Waals surface area contributed by atoms with Gasteiger partial charge in [0.25, 0.3) is 10.1 Å². The minimum Gasteiger partial charge on any atom is -0.481 e. The molecule has 0 bridgehead atoms. The summed E-state index contributed by atoms with van der Waals surface area (Å²) in [4.78, 5) is 98.4. The monoisotopic (exact) mass is 882 g/mol. The maximum Gasteiger partial charge on any atom is 0.347 e. The predicted octanol–water partition coefficient (Wildman–Crippen LogP) is 4.89. The Labute approximate surface area is 352 Å². The summed E-state index contributed by atoms with van der Waals surface area (Å²) in [5.41, 5.74) is -6.53. The maximum atomic E-state index is 12.8. The van der Waals surface area contributed by atoms with Crippen LogP contribution in [0.15, 0.2) is 0 Å². The summed E-state index contributed by atoms with van der Waals surface area (Å²) < 4.78 is 52.2. The average Bonchev–Trinajstić information content (AvgIpc) is 3.13. The molecule has 0 aliphatic heterocycles. The maximum absolute atomic E-state index is 12.8. The normalized spacial score (nSPS) is 13.9. The topological polar surface area (TPSA) is 309 Å². The van der Waals surface area contributed by atoms with Crippen LogP contribution < -0.4 is 0 Å². The van der Waals surface area contributed by atoms with Gasteiger partial charge in [0.2, 0.25) is 0 Å². The summed E-state index contributed by atoms with van der Waals surface area (Å²) in [7, 11) is -5.72. The van der Waals surface area contributed by atoms with Crippen molar-refractivity contribution in [3.63, 3.8) is 0 Å². The van der Waals surface area contributed by atoms with Crippen molar-refractivity contribution in [2.24, 2.45) is 0 Å². The molecular formula is C40H66O19S. The van der Waals surface area contributed by atoms with E-state index in [-0.39, 0.29) is 13.2 Å². The van der Waals surface area contributed by atoms with Gasteiger partial charge in [-0.3, -0.25) is 33.3 Å². The highest BCUT2D eigenvalue weighted by Crippen LogP contribution is 2.23. The number of carboxylic acids is 2. The molecule has 19 nitrogen and oxygen atoms in total. The Morgan fingerprint density at radius 3 is 1.12 bits per heavy atom. The molecule has 0 saturated carbocycles. The number of carbonyl (C=O) groups is 8. The first-order valence-electron chi connectivity index (χ1n) is 20.9. The van der Waals surface area contributed by atoms with Crippen LogP contribution >= 0.6 is 0 Å². The van der Waals surface area contributed by atoms with Crippen LogP contribution in [0.4, 0.5) is 0 Å². The number of esters is 6. The summed E-state index contributed by atoms with van der Waals surface area (Å²) in [6.45, 7) is 3.98. The third-order valence-electron chi connectivity index (χ3n) is 9.42. The lowest BCUT2D eigenvalue weighted by Gasteiger charge is -2.24. The molecule has 0 aromatic heterocycles. The number of carbonyl (C=O) groups excluding carboxylic acids is 6. The fourth-order valence-corrected chi connectivity index (χ4v) is 6.64. The summed E-state index contributed by atoms with van der Waals surface area (Å²) >= 11 is 0. The highest BCUT2D eigenvalue weighted by Gasteiger charge is 2.48. The van der Waals surface area contributed by atoms with Crippen molar-refractivity contribution in [3.05, 3.63) is 0 Å². The van der Waals surface area contributed by atoms with E-state index in [4.69, 9.17) is 9.47 Å². The van der Waals surface area contributed by atoms with E-state index in [9.17, 15) is 71.8 Å². The average molecular weight is 883 g/mol. The van der Waals surface area contributed by atoms with Gasteiger partial charge >= 0.3 is 47.8 Å². The first-order chi connectivity index (χ1) is 28.2. The number of aliphatic carboxylic acids is 2. The van der Waals surface area contributed by atoms with E-state index in [1.807, 2.05) is 0 Å². The number of ether oxygens (including phenoxy) is 4. The molecule has 0 aliphatic carbocycles. The summed E-state index contributed by atoms with van der Waals surface area (Å²) in [6, 6.07) is 0. The molecule has 0 amide bonds. The SMILES string of the molecule is CCCCCCCCCCCCOC(=O)CC(O)(CC(=O)O)C(=O)OC(=O)CC(C(=O)OC(=O)C(O)(CC(=O)O)CC(=O)OCCCCCCCCCCCC)S(=O)(=O)O. The van der Waals surface area contributed by atoms with Crippen molar-refractivity contribution in [1.29, 1.82) is 0 Å². The number of hydrogen-bond donors (Lipinski definition) is 5. The molecule has 0 aliphatic rings. The minimum atomic E-state index is -5.72. The van der Waals surface area contributed by atoms with Crippen molar-refractivity contribution in [2.75, 3.05) is 13.2 Å². The van der Waals surface area contributed by atoms with Gasteiger partial charge in [-0.1, -0.05) is 129 Å². The number of aliphatic hydroxyl groups is 2. The first-order valence-corrected chi connectivity index (χ1v) is 22.4. The Morgan fingerprint density at radius 2 is 0.800 bits per heavy atom. The summed E-state index contributed by atoms with van der Waals surface area (Å²) in [5, 5.41) is 36.8. The number of carboxylic acid groups (broad SMARTS) is 2. The largest absolute Gasteiger partial charge is 0.481 e. The zero-order valence-electron chi connectivity index (χ0n) is 35.0. The lowest BCUT2D eigenvalue weighted by Crippen LogP contribution is -2.48. The first kappa shape index (κ1) is 56.0. The molecule has 0 aromatic carbocycles. The molecule has 0 fully saturated rings. The number of unbranched alkanes of at least 4 members (excludes halogenated alkanes) is 18. The van der Waals surface area contributed by atoms with Gasteiger partial charge in [-0.25, -0.2) is 9.59 Å². The van der Waals surface area contributed by atoms with E-state index >= 15 is 0 Å². The molecule has 3 unspecified atom stereocenters. The van der Waals surface area contributed by atoms with Gasteiger partial charge in [-0.2, -0.15) is 8.42 Å². The second kappa shape index (κ2) is 30.9. The minimum absolute atomic E-state index is 0.133. The standard InChI is InChI=1S/C40H66O19S/c1-3-5-7-9-11-13-15-17-19-21-23-56-34(46)28-39(51,26-31(41)42)37(49)58-33(45)25-30(60(53,54)55)36(48)59-38(50)40(52,27-32(43)44)29-35(47)57-24-22-20-18-16-14-12-10-8-6-4-2/h30,51-52H,3-29H2,1-2H3,(H,41,42)(H,43,44)(H,53,54,55). The van der Waals surface area contributed by atoms with Crippen LogP contribution in [0, 0.1) is 0 Å². The van der Waals surface area contributed by atoms with Crippen molar-refractivity contribution in [1.82, 2.24) is 0 Å². The molecule has 60 heavy (non-hydrogen) atoms. The molecule has 0 spiro atoms. The zero-order valence-corrected chi connectivity index (χ0v) is 35.8. The number of rotatable bonds is 36. The molecule has 0 rings (SSSR count). The highest BCUT2D eigenvalue weighted by atomic mass is 32.2. The van der Waals surface area contributed by atoms with Crippen LogP contribution in [0.1, 0.15) is 174 Å². The van der Waals surface area contributed by atoms with E-state index in [0.717, 1.165) is 77.0 Å². The van der Waals surface area contributed by atoms with Crippen LogP contribution in [-0.4, -0.2) is 111 Å². The lowest BCUT2D eigenvalue weighted by atomic mass is 9.95. The van der Waals surface area contributed by atoms with Crippen molar-refractivity contribution < 1.29 is 90.7 Å². The molecule has 0 saturated heterocycles. The molecule has 346 valence electrons. The molecule has 0 heterocycles. The van der Waals surface area contributed by atoms with Gasteiger partial charge in [-0.05, 0) is 12.8 Å². The van der Waals surface area contributed by atoms with E-state index in [1.165, 1.54) is 25.7 Å². The van der Waals surface area contributed by atoms with E-state index < -0.39 is 106 Å². The van der Waals surface area contributed by atoms with Gasteiger partial charge in [0.1, 0.15) is 0 Å². The van der Waals surface area contributed by atoms with Gasteiger partial charge in [0.15, 0.2) is 16.5 Å². The summed E-state index contributed by atoms with van der Waals surface area (Å²) in [6.07, 6.45) is 12.1. The smallest absolute Gasteiger partial charge is 0.347 e.